The van der Waals surface area contributed by atoms with Crippen LogP contribution in [0.5, 0.6) is 0 Å². The second-order valence-corrected chi connectivity index (χ2v) is 5.79. The molecule has 92 valence electrons. The minimum absolute atomic E-state index is 0.0677. The maximum Gasteiger partial charge on any atom is 0.0711 e. The van der Waals surface area contributed by atoms with E-state index in [-0.39, 0.29) is 5.92 Å². The van der Waals surface area contributed by atoms with E-state index in [1.165, 1.54) is 0 Å². The van der Waals surface area contributed by atoms with Crippen molar-refractivity contribution < 1.29 is 10.2 Å². The number of aliphatic hydroxyl groups is 2. The molecule has 1 unspecified atom stereocenters. The molecule has 2 heteroatoms. The van der Waals surface area contributed by atoms with E-state index in [2.05, 4.69) is 6.58 Å². The average Bonchev–Trinajstić information content (AvgIpc) is 2.86. The van der Waals surface area contributed by atoms with E-state index in [1.54, 1.807) is 0 Å². The zero-order chi connectivity index (χ0) is 11.6. The summed E-state index contributed by atoms with van der Waals surface area (Å²) in [6.45, 7) is 3.85. The lowest BCUT2D eigenvalue weighted by molar-refractivity contribution is -0.0435. The Kier molecular flexibility index (Phi) is 3.41. The van der Waals surface area contributed by atoms with Crippen LogP contribution in [0.1, 0.15) is 57.8 Å². The Hall–Kier alpha value is -0.340. The third-order valence-electron chi connectivity index (χ3n) is 4.58. The zero-order valence-corrected chi connectivity index (χ0v) is 10.1. The first-order chi connectivity index (χ1) is 7.58. The van der Waals surface area contributed by atoms with Gasteiger partial charge in [0.25, 0.3) is 0 Å². The highest BCUT2D eigenvalue weighted by molar-refractivity contribution is 5.02. The molecule has 0 aliphatic heterocycles. The van der Waals surface area contributed by atoms with Crippen molar-refractivity contribution in [2.45, 2.75) is 69.0 Å². The van der Waals surface area contributed by atoms with Gasteiger partial charge in [-0.05, 0) is 32.1 Å². The highest BCUT2D eigenvalue weighted by atomic mass is 16.3. The Bertz CT molecular complexity index is 247. The van der Waals surface area contributed by atoms with E-state index in [0.29, 0.717) is 6.42 Å². The minimum Gasteiger partial charge on any atom is -0.390 e. The zero-order valence-electron chi connectivity index (χ0n) is 10.1. The van der Waals surface area contributed by atoms with Crippen molar-refractivity contribution in [3.8, 4) is 0 Å². The number of hydrogen-bond acceptors (Lipinski definition) is 2. The summed E-state index contributed by atoms with van der Waals surface area (Å²) in [5, 5.41) is 21.0. The van der Waals surface area contributed by atoms with Crippen molar-refractivity contribution in [3.63, 3.8) is 0 Å². The summed E-state index contributed by atoms with van der Waals surface area (Å²) in [4.78, 5) is 0. The van der Waals surface area contributed by atoms with Crippen molar-refractivity contribution >= 4 is 0 Å². The van der Waals surface area contributed by atoms with Crippen LogP contribution in [0.25, 0.3) is 0 Å². The Balaban J connectivity index is 2.02. The van der Waals surface area contributed by atoms with Crippen molar-refractivity contribution in [1.29, 1.82) is 0 Å². The van der Waals surface area contributed by atoms with Crippen molar-refractivity contribution in [2.24, 2.45) is 5.92 Å². The summed E-state index contributed by atoms with van der Waals surface area (Å²) in [5.74, 6) is 0.0677. The second-order valence-electron chi connectivity index (χ2n) is 5.79. The quantitative estimate of drug-likeness (QED) is 0.721. The Morgan fingerprint density at radius 2 is 1.50 bits per heavy atom. The molecule has 0 aromatic heterocycles. The molecule has 1 atom stereocenters. The summed E-state index contributed by atoms with van der Waals surface area (Å²) < 4.78 is 0. The van der Waals surface area contributed by atoms with Gasteiger partial charge in [-0.3, -0.25) is 0 Å². The SMILES string of the molecule is C=CC(CC1(O)CCCC1)C1(O)CCCC1. The van der Waals surface area contributed by atoms with Gasteiger partial charge in [0.15, 0.2) is 0 Å². The Morgan fingerprint density at radius 1 is 1.00 bits per heavy atom. The standard InChI is InChI=1S/C14H24O2/c1-2-12(14(16)9-5-6-10-14)11-13(15)7-3-4-8-13/h2,12,15-16H,1,3-11H2. The lowest BCUT2D eigenvalue weighted by atomic mass is 9.77. The number of rotatable bonds is 4. The maximum atomic E-state index is 10.5. The van der Waals surface area contributed by atoms with Crippen LogP contribution in [0, 0.1) is 5.92 Å². The summed E-state index contributed by atoms with van der Waals surface area (Å²) in [5.41, 5.74) is -1.11. The van der Waals surface area contributed by atoms with E-state index in [1.807, 2.05) is 6.08 Å². The number of hydrogen-bond donors (Lipinski definition) is 2. The van der Waals surface area contributed by atoms with Gasteiger partial charge in [0.1, 0.15) is 0 Å². The topological polar surface area (TPSA) is 40.5 Å². The highest BCUT2D eigenvalue weighted by Crippen LogP contribution is 2.43. The molecule has 0 heterocycles. The van der Waals surface area contributed by atoms with Gasteiger partial charge in [-0.25, -0.2) is 0 Å². The third kappa shape index (κ3) is 2.33. The second kappa shape index (κ2) is 4.50. The molecule has 2 saturated carbocycles. The van der Waals surface area contributed by atoms with Crippen LogP contribution in [0.2, 0.25) is 0 Å². The van der Waals surface area contributed by atoms with Crippen LogP contribution in [0.3, 0.4) is 0 Å². The molecule has 0 spiro atoms. The van der Waals surface area contributed by atoms with Crippen molar-refractivity contribution in [2.75, 3.05) is 0 Å². The van der Waals surface area contributed by atoms with Crippen LogP contribution < -0.4 is 0 Å². The molecule has 0 bridgehead atoms. The van der Waals surface area contributed by atoms with E-state index in [4.69, 9.17) is 0 Å². The normalized spacial score (nSPS) is 29.1. The van der Waals surface area contributed by atoms with Gasteiger partial charge in [0, 0.05) is 5.92 Å². The largest absolute Gasteiger partial charge is 0.390 e. The van der Waals surface area contributed by atoms with Crippen molar-refractivity contribution in [1.82, 2.24) is 0 Å². The van der Waals surface area contributed by atoms with Crippen LogP contribution in [-0.4, -0.2) is 21.4 Å². The van der Waals surface area contributed by atoms with Gasteiger partial charge in [0.05, 0.1) is 11.2 Å². The predicted molar refractivity (Wildman–Crippen MR) is 65.1 cm³/mol. The first-order valence-electron chi connectivity index (χ1n) is 6.65. The molecular weight excluding hydrogens is 200 g/mol. The highest BCUT2D eigenvalue weighted by Gasteiger charge is 2.42. The van der Waals surface area contributed by atoms with Crippen molar-refractivity contribution in [3.05, 3.63) is 12.7 Å². The first-order valence-corrected chi connectivity index (χ1v) is 6.65. The first kappa shape index (κ1) is 12.1. The fraction of sp³-hybridized carbons (Fsp3) is 0.857. The predicted octanol–water partition coefficient (Wildman–Crippen LogP) is 2.79. The molecule has 2 fully saturated rings. The molecule has 16 heavy (non-hydrogen) atoms. The van der Waals surface area contributed by atoms with Gasteiger partial charge >= 0.3 is 0 Å². The van der Waals surface area contributed by atoms with Gasteiger partial charge < -0.3 is 10.2 Å². The molecule has 2 rings (SSSR count). The van der Waals surface area contributed by atoms with E-state index in [9.17, 15) is 10.2 Å². The molecule has 2 N–H and O–H groups in total. The Labute approximate surface area is 98.4 Å². The smallest absolute Gasteiger partial charge is 0.0711 e. The maximum absolute atomic E-state index is 10.5. The third-order valence-corrected chi connectivity index (χ3v) is 4.58. The van der Waals surface area contributed by atoms with Gasteiger partial charge in [-0.1, -0.05) is 31.8 Å². The summed E-state index contributed by atoms with van der Waals surface area (Å²) in [6, 6.07) is 0. The average molecular weight is 224 g/mol. The molecule has 0 aromatic carbocycles. The lowest BCUT2D eigenvalue weighted by Crippen LogP contribution is -2.39. The van der Waals surface area contributed by atoms with E-state index < -0.39 is 11.2 Å². The van der Waals surface area contributed by atoms with Crippen LogP contribution in [0.4, 0.5) is 0 Å². The summed E-state index contributed by atoms with van der Waals surface area (Å²) in [7, 11) is 0. The molecule has 2 nitrogen and oxygen atoms in total. The summed E-state index contributed by atoms with van der Waals surface area (Å²) >= 11 is 0. The van der Waals surface area contributed by atoms with Crippen LogP contribution >= 0.6 is 0 Å². The molecule has 2 aliphatic carbocycles. The van der Waals surface area contributed by atoms with E-state index in [0.717, 1.165) is 51.4 Å². The van der Waals surface area contributed by atoms with Gasteiger partial charge in [0.2, 0.25) is 0 Å². The summed E-state index contributed by atoms with van der Waals surface area (Å²) in [6.07, 6.45) is 10.6. The fourth-order valence-corrected chi connectivity index (χ4v) is 3.50. The molecule has 0 saturated heterocycles. The molecule has 0 amide bonds. The fourth-order valence-electron chi connectivity index (χ4n) is 3.50. The lowest BCUT2D eigenvalue weighted by Gasteiger charge is -2.35. The monoisotopic (exact) mass is 224 g/mol. The van der Waals surface area contributed by atoms with Gasteiger partial charge in [-0.15, -0.1) is 6.58 Å². The molecule has 0 aromatic rings. The molecule has 2 aliphatic rings. The van der Waals surface area contributed by atoms with Crippen LogP contribution in [0.15, 0.2) is 12.7 Å². The molecular formula is C14H24O2. The van der Waals surface area contributed by atoms with E-state index >= 15 is 0 Å². The minimum atomic E-state index is -0.583. The Morgan fingerprint density at radius 3 is 2.00 bits per heavy atom. The van der Waals surface area contributed by atoms with Crippen LogP contribution in [-0.2, 0) is 0 Å². The van der Waals surface area contributed by atoms with Gasteiger partial charge in [-0.2, -0.15) is 0 Å². The molecule has 0 radical (unpaired) electrons.